The summed E-state index contributed by atoms with van der Waals surface area (Å²) in [6, 6.07) is 0. The zero-order valence-electron chi connectivity index (χ0n) is 11.1. The minimum atomic E-state index is 0.248. The zero-order valence-corrected chi connectivity index (χ0v) is 11.1. The highest BCUT2D eigenvalue weighted by molar-refractivity contribution is 5.80. The SMILES string of the molecule is CC1(C)CC(=O)CC2(C)C3CCC2(C)CC31. The van der Waals surface area contributed by atoms with Gasteiger partial charge in [-0.3, -0.25) is 4.79 Å². The van der Waals surface area contributed by atoms with Crippen molar-refractivity contribution in [2.45, 2.75) is 59.8 Å². The van der Waals surface area contributed by atoms with Gasteiger partial charge in [0.15, 0.2) is 0 Å². The Labute approximate surface area is 99.0 Å². The van der Waals surface area contributed by atoms with E-state index in [1.165, 1.54) is 19.3 Å². The van der Waals surface area contributed by atoms with Gasteiger partial charge in [0.05, 0.1) is 0 Å². The second-order valence-corrected chi connectivity index (χ2v) is 7.81. The van der Waals surface area contributed by atoms with Crippen LogP contribution in [-0.2, 0) is 4.79 Å². The lowest BCUT2D eigenvalue weighted by molar-refractivity contribution is -0.124. The molecule has 90 valence electrons. The Kier molecular flexibility index (Phi) is 1.85. The highest BCUT2D eigenvalue weighted by atomic mass is 16.1. The van der Waals surface area contributed by atoms with Gasteiger partial charge in [-0.1, -0.05) is 27.7 Å². The Bertz CT molecular complexity index is 356. The van der Waals surface area contributed by atoms with Crippen molar-refractivity contribution in [1.29, 1.82) is 0 Å². The molecule has 1 heteroatoms. The number of Topliss-reactive ketones (excluding diaryl/α,β-unsaturated/α-hetero) is 1. The van der Waals surface area contributed by atoms with Crippen LogP contribution in [0.4, 0.5) is 0 Å². The third kappa shape index (κ3) is 1.05. The molecule has 0 saturated heterocycles. The topological polar surface area (TPSA) is 17.1 Å². The maximum absolute atomic E-state index is 12.2. The smallest absolute Gasteiger partial charge is 0.134 e. The lowest BCUT2D eigenvalue weighted by Crippen LogP contribution is -2.34. The van der Waals surface area contributed by atoms with Crippen LogP contribution in [-0.4, -0.2) is 5.78 Å². The second kappa shape index (κ2) is 2.73. The molecule has 0 aromatic carbocycles. The fourth-order valence-corrected chi connectivity index (χ4v) is 5.41. The molecule has 4 atom stereocenters. The molecule has 3 aliphatic carbocycles. The van der Waals surface area contributed by atoms with Crippen LogP contribution in [0.1, 0.15) is 59.8 Å². The van der Waals surface area contributed by atoms with Crippen LogP contribution in [0.15, 0.2) is 0 Å². The van der Waals surface area contributed by atoms with Crippen molar-refractivity contribution >= 4 is 5.78 Å². The Hall–Kier alpha value is -0.330. The quantitative estimate of drug-likeness (QED) is 0.606. The first-order valence-corrected chi connectivity index (χ1v) is 6.80. The predicted molar refractivity (Wildman–Crippen MR) is 65.1 cm³/mol. The van der Waals surface area contributed by atoms with Crippen LogP contribution in [0.3, 0.4) is 0 Å². The molecule has 0 aromatic rings. The maximum Gasteiger partial charge on any atom is 0.134 e. The van der Waals surface area contributed by atoms with Gasteiger partial charge < -0.3 is 0 Å². The van der Waals surface area contributed by atoms with Gasteiger partial charge in [0.2, 0.25) is 0 Å². The molecule has 0 spiro atoms. The van der Waals surface area contributed by atoms with Crippen LogP contribution in [0.5, 0.6) is 0 Å². The van der Waals surface area contributed by atoms with Crippen molar-refractivity contribution in [2.24, 2.45) is 28.1 Å². The third-order valence-electron chi connectivity index (χ3n) is 6.58. The van der Waals surface area contributed by atoms with E-state index in [-0.39, 0.29) is 5.41 Å². The molecule has 3 fully saturated rings. The summed E-state index contributed by atoms with van der Waals surface area (Å²) in [5.41, 5.74) is 1.02. The lowest BCUT2D eigenvalue weighted by Gasteiger charge is -2.40. The summed E-state index contributed by atoms with van der Waals surface area (Å²) in [5.74, 6) is 2.13. The van der Waals surface area contributed by atoms with Crippen molar-refractivity contribution < 1.29 is 4.79 Å². The molecule has 0 heterocycles. The maximum atomic E-state index is 12.2. The number of carbonyl (C=O) groups excluding carboxylic acids is 1. The third-order valence-corrected chi connectivity index (χ3v) is 6.58. The van der Waals surface area contributed by atoms with Gasteiger partial charge in [-0.25, -0.2) is 0 Å². The van der Waals surface area contributed by atoms with Crippen molar-refractivity contribution in [3.05, 3.63) is 0 Å². The Morgan fingerprint density at radius 2 is 1.75 bits per heavy atom. The first-order valence-electron chi connectivity index (χ1n) is 6.80. The van der Waals surface area contributed by atoms with E-state index in [0.29, 0.717) is 16.6 Å². The van der Waals surface area contributed by atoms with Gasteiger partial charge in [0, 0.05) is 12.8 Å². The molecule has 3 aliphatic rings. The summed E-state index contributed by atoms with van der Waals surface area (Å²) < 4.78 is 0. The monoisotopic (exact) mass is 220 g/mol. The van der Waals surface area contributed by atoms with Gasteiger partial charge in [0.25, 0.3) is 0 Å². The van der Waals surface area contributed by atoms with Crippen LogP contribution in [0, 0.1) is 28.1 Å². The van der Waals surface area contributed by atoms with Gasteiger partial charge in [-0.15, -0.1) is 0 Å². The van der Waals surface area contributed by atoms with E-state index in [0.717, 1.165) is 24.7 Å². The molecule has 4 bridgehead atoms. The van der Waals surface area contributed by atoms with Gasteiger partial charge in [0.1, 0.15) is 5.78 Å². The highest BCUT2D eigenvalue weighted by Gasteiger charge is 2.66. The molecule has 0 radical (unpaired) electrons. The normalized spacial score (nSPS) is 54.1. The summed E-state index contributed by atoms with van der Waals surface area (Å²) in [6.45, 7) is 9.50. The van der Waals surface area contributed by atoms with Crippen LogP contribution in [0.25, 0.3) is 0 Å². The molecule has 16 heavy (non-hydrogen) atoms. The lowest BCUT2D eigenvalue weighted by atomic mass is 9.64. The minimum Gasteiger partial charge on any atom is -0.300 e. The van der Waals surface area contributed by atoms with E-state index in [4.69, 9.17) is 0 Å². The number of rotatable bonds is 0. The molecule has 4 unspecified atom stereocenters. The second-order valence-electron chi connectivity index (χ2n) is 7.81. The minimum absolute atomic E-state index is 0.248. The number of hydrogen-bond acceptors (Lipinski definition) is 1. The molecular weight excluding hydrogens is 196 g/mol. The predicted octanol–water partition coefficient (Wildman–Crippen LogP) is 3.82. The van der Waals surface area contributed by atoms with Crippen molar-refractivity contribution in [3.8, 4) is 0 Å². The van der Waals surface area contributed by atoms with E-state index >= 15 is 0 Å². The number of ketones is 1. The van der Waals surface area contributed by atoms with Crippen LogP contribution in [0.2, 0.25) is 0 Å². The molecule has 3 saturated carbocycles. The average molecular weight is 220 g/mol. The van der Waals surface area contributed by atoms with Gasteiger partial charge >= 0.3 is 0 Å². The number of carbonyl (C=O) groups is 1. The van der Waals surface area contributed by atoms with E-state index in [1.807, 2.05) is 0 Å². The largest absolute Gasteiger partial charge is 0.300 e. The molecule has 0 amide bonds. The standard InChI is InChI=1S/C15H24O/c1-13(2)7-10(16)8-15(4)11-5-6-14(15,3)9-12(11)13/h11-12H,5-9H2,1-4H3. The molecular formula is C15H24O. The molecule has 3 rings (SSSR count). The molecule has 0 aliphatic heterocycles. The van der Waals surface area contributed by atoms with E-state index in [1.54, 1.807) is 0 Å². The first kappa shape index (κ1) is 10.8. The van der Waals surface area contributed by atoms with E-state index in [2.05, 4.69) is 27.7 Å². The van der Waals surface area contributed by atoms with Gasteiger partial charge in [-0.05, 0) is 47.3 Å². The number of hydrogen-bond donors (Lipinski definition) is 0. The van der Waals surface area contributed by atoms with E-state index in [9.17, 15) is 4.79 Å². The van der Waals surface area contributed by atoms with Gasteiger partial charge in [-0.2, -0.15) is 0 Å². The summed E-state index contributed by atoms with van der Waals surface area (Å²) in [5, 5.41) is 0. The summed E-state index contributed by atoms with van der Waals surface area (Å²) in [4.78, 5) is 12.2. The van der Waals surface area contributed by atoms with E-state index < -0.39 is 0 Å². The fraction of sp³-hybridized carbons (Fsp3) is 0.933. The summed E-state index contributed by atoms with van der Waals surface area (Å²) in [6.07, 6.45) is 5.77. The molecule has 0 aromatic heterocycles. The average Bonchev–Trinajstić information content (AvgIpc) is 2.45. The van der Waals surface area contributed by atoms with Crippen LogP contribution < -0.4 is 0 Å². The Balaban J connectivity index is 2.11. The van der Waals surface area contributed by atoms with Crippen molar-refractivity contribution in [2.75, 3.05) is 0 Å². The highest BCUT2D eigenvalue weighted by Crippen LogP contribution is 2.73. The Morgan fingerprint density at radius 1 is 1.06 bits per heavy atom. The zero-order chi connectivity index (χ0) is 11.8. The van der Waals surface area contributed by atoms with Crippen LogP contribution >= 0.6 is 0 Å². The van der Waals surface area contributed by atoms with Crippen molar-refractivity contribution in [1.82, 2.24) is 0 Å². The fourth-order valence-electron chi connectivity index (χ4n) is 5.41. The first-order chi connectivity index (χ1) is 7.29. The summed E-state index contributed by atoms with van der Waals surface area (Å²) >= 11 is 0. The summed E-state index contributed by atoms with van der Waals surface area (Å²) in [7, 11) is 0. The molecule has 0 N–H and O–H groups in total. The molecule has 1 nitrogen and oxygen atoms in total. The van der Waals surface area contributed by atoms with Crippen molar-refractivity contribution in [3.63, 3.8) is 0 Å². The Morgan fingerprint density at radius 3 is 2.44 bits per heavy atom.